The Morgan fingerprint density at radius 1 is 1.39 bits per heavy atom. The Hall–Kier alpha value is -1.75. The first-order valence-corrected chi connectivity index (χ1v) is 6.19. The van der Waals surface area contributed by atoms with Crippen LogP contribution < -0.4 is 10.5 Å². The first-order valence-electron chi connectivity index (χ1n) is 6.19. The van der Waals surface area contributed by atoms with Gasteiger partial charge in [0.25, 0.3) is 0 Å². The number of aromatic nitrogens is 2. The van der Waals surface area contributed by atoms with Crippen molar-refractivity contribution in [1.29, 1.82) is 0 Å². The van der Waals surface area contributed by atoms with Gasteiger partial charge in [-0.3, -0.25) is 0 Å². The van der Waals surface area contributed by atoms with Crippen LogP contribution >= 0.6 is 0 Å². The third kappa shape index (κ3) is 1.80. The predicted molar refractivity (Wildman–Crippen MR) is 69.8 cm³/mol. The Bertz CT molecular complexity index is 559. The van der Waals surface area contributed by atoms with E-state index >= 15 is 0 Å². The highest BCUT2D eigenvalue weighted by Crippen LogP contribution is 2.30. The zero-order valence-corrected chi connectivity index (χ0v) is 10.4. The molecule has 0 bridgehead atoms. The van der Waals surface area contributed by atoms with Crippen LogP contribution in [0.4, 0.5) is 5.95 Å². The number of methoxy groups -OCH3 is 1. The second kappa shape index (κ2) is 4.49. The zero-order valence-electron chi connectivity index (χ0n) is 10.4. The van der Waals surface area contributed by atoms with Crippen molar-refractivity contribution in [2.45, 2.75) is 18.9 Å². The summed E-state index contributed by atoms with van der Waals surface area (Å²) in [4.78, 5) is 4.42. The summed E-state index contributed by atoms with van der Waals surface area (Å²) in [6, 6.07) is 6.27. The molecule has 0 radical (unpaired) electrons. The van der Waals surface area contributed by atoms with E-state index < -0.39 is 0 Å². The Labute approximate surface area is 106 Å². The van der Waals surface area contributed by atoms with Crippen molar-refractivity contribution in [2.24, 2.45) is 0 Å². The first-order chi connectivity index (χ1) is 8.79. The number of hydrogen-bond donors (Lipinski definition) is 1. The van der Waals surface area contributed by atoms with Gasteiger partial charge >= 0.3 is 0 Å². The number of benzene rings is 1. The van der Waals surface area contributed by atoms with Gasteiger partial charge in [0.15, 0.2) is 0 Å². The van der Waals surface area contributed by atoms with Crippen LogP contribution in [0.25, 0.3) is 11.0 Å². The Morgan fingerprint density at radius 2 is 2.17 bits per heavy atom. The lowest BCUT2D eigenvalue weighted by Gasteiger charge is -2.24. The number of nitrogens with two attached hydrogens (primary N) is 1. The predicted octanol–water partition coefficient (Wildman–Crippen LogP) is 1.98. The lowest BCUT2D eigenvalue weighted by atomic mass is 10.1. The van der Waals surface area contributed by atoms with E-state index in [2.05, 4.69) is 9.55 Å². The van der Waals surface area contributed by atoms with Gasteiger partial charge < -0.3 is 19.8 Å². The fourth-order valence-electron chi connectivity index (χ4n) is 2.55. The lowest BCUT2D eigenvalue weighted by Crippen LogP contribution is -2.20. The minimum Gasteiger partial charge on any atom is -0.497 e. The largest absolute Gasteiger partial charge is 0.497 e. The van der Waals surface area contributed by atoms with Crippen molar-refractivity contribution in [3.63, 3.8) is 0 Å². The maximum absolute atomic E-state index is 6.05. The highest BCUT2D eigenvalue weighted by Gasteiger charge is 2.20. The molecule has 0 saturated carbocycles. The summed E-state index contributed by atoms with van der Waals surface area (Å²) >= 11 is 0. The van der Waals surface area contributed by atoms with E-state index in [1.807, 2.05) is 18.2 Å². The monoisotopic (exact) mass is 247 g/mol. The van der Waals surface area contributed by atoms with E-state index in [0.717, 1.165) is 42.8 Å². The average Bonchev–Trinajstić information content (AvgIpc) is 2.74. The smallest absolute Gasteiger partial charge is 0.201 e. The molecular formula is C13H17N3O2. The summed E-state index contributed by atoms with van der Waals surface area (Å²) in [5.74, 6) is 1.38. The summed E-state index contributed by atoms with van der Waals surface area (Å²) in [6.45, 7) is 1.58. The van der Waals surface area contributed by atoms with Crippen LogP contribution in [0.15, 0.2) is 18.2 Å². The van der Waals surface area contributed by atoms with E-state index in [1.54, 1.807) is 7.11 Å². The number of nitrogen functional groups attached to an aromatic ring is 1. The number of hydrogen-bond acceptors (Lipinski definition) is 4. The zero-order chi connectivity index (χ0) is 12.5. The Balaban J connectivity index is 2.07. The third-order valence-electron chi connectivity index (χ3n) is 3.48. The van der Waals surface area contributed by atoms with Crippen LogP contribution in [0.5, 0.6) is 5.75 Å². The molecule has 2 heterocycles. The Morgan fingerprint density at radius 3 is 2.89 bits per heavy atom. The van der Waals surface area contributed by atoms with Gasteiger partial charge in [-0.05, 0) is 25.0 Å². The fourth-order valence-corrected chi connectivity index (χ4v) is 2.55. The lowest BCUT2D eigenvalue weighted by molar-refractivity contribution is 0.0711. The fraction of sp³-hybridized carbons (Fsp3) is 0.462. The summed E-state index contributed by atoms with van der Waals surface area (Å²) < 4.78 is 12.7. The van der Waals surface area contributed by atoms with Crippen molar-refractivity contribution >= 4 is 17.0 Å². The van der Waals surface area contributed by atoms with Crippen molar-refractivity contribution in [1.82, 2.24) is 9.55 Å². The first kappa shape index (κ1) is 11.3. The second-order valence-electron chi connectivity index (χ2n) is 4.54. The molecule has 1 aromatic heterocycles. The standard InChI is InChI=1S/C13H17N3O2/c1-17-10-2-3-12-11(8-10)15-13(14)16(12)9-4-6-18-7-5-9/h2-3,8-9H,4-7H2,1H3,(H2,14,15). The average molecular weight is 247 g/mol. The van der Waals surface area contributed by atoms with E-state index in [-0.39, 0.29) is 0 Å². The normalized spacial score (nSPS) is 17.2. The summed E-state index contributed by atoms with van der Waals surface area (Å²) in [5.41, 5.74) is 8.00. The summed E-state index contributed by atoms with van der Waals surface area (Å²) in [5, 5.41) is 0. The summed E-state index contributed by atoms with van der Waals surface area (Å²) in [7, 11) is 1.65. The van der Waals surface area contributed by atoms with Crippen LogP contribution in [0.2, 0.25) is 0 Å². The van der Waals surface area contributed by atoms with E-state index in [0.29, 0.717) is 12.0 Å². The summed E-state index contributed by atoms with van der Waals surface area (Å²) in [6.07, 6.45) is 1.98. The number of nitrogens with zero attached hydrogens (tertiary/aromatic N) is 2. The molecule has 5 nitrogen and oxygen atoms in total. The second-order valence-corrected chi connectivity index (χ2v) is 4.54. The molecule has 5 heteroatoms. The quantitative estimate of drug-likeness (QED) is 0.881. The maximum Gasteiger partial charge on any atom is 0.201 e. The highest BCUT2D eigenvalue weighted by molar-refractivity contribution is 5.80. The number of anilines is 1. The molecule has 3 rings (SSSR count). The topological polar surface area (TPSA) is 62.3 Å². The van der Waals surface area contributed by atoms with E-state index in [9.17, 15) is 0 Å². The van der Waals surface area contributed by atoms with Crippen molar-refractivity contribution in [3.05, 3.63) is 18.2 Å². The molecule has 1 saturated heterocycles. The molecule has 0 spiro atoms. The van der Waals surface area contributed by atoms with Gasteiger partial charge in [0.05, 0.1) is 18.1 Å². The van der Waals surface area contributed by atoms with Crippen molar-refractivity contribution in [3.8, 4) is 5.75 Å². The van der Waals surface area contributed by atoms with Gasteiger partial charge in [-0.25, -0.2) is 4.98 Å². The molecule has 0 amide bonds. The molecule has 1 aliphatic heterocycles. The van der Waals surface area contributed by atoms with Gasteiger partial charge in [0.2, 0.25) is 5.95 Å². The van der Waals surface area contributed by atoms with Crippen LogP contribution in [0.3, 0.4) is 0 Å². The minimum absolute atomic E-state index is 0.386. The van der Waals surface area contributed by atoms with Gasteiger partial charge in [-0.2, -0.15) is 0 Å². The number of fused-ring (bicyclic) bond motifs is 1. The number of ether oxygens (including phenoxy) is 2. The third-order valence-corrected chi connectivity index (χ3v) is 3.48. The van der Waals surface area contributed by atoms with Gasteiger partial charge in [-0.1, -0.05) is 0 Å². The molecule has 2 N–H and O–H groups in total. The van der Waals surface area contributed by atoms with Crippen LogP contribution in [-0.2, 0) is 4.74 Å². The molecular weight excluding hydrogens is 230 g/mol. The van der Waals surface area contributed by atoms with Crippen molar-refractivity contribution in [2.75, 3.05) is 26.1 Å². The molecule has 1 fully saturated rings. The van der Waals surface area contributed by atoms with Crippen LogP contribution in [-0.4, -0.2) is 29.9 Å². The number of imidazole rings is 1. The Kier molecular flexibility index (Phi) is 2.83. The molecule has 18 heavy (non-hydrogen) atoms. The molecule has 0 atom stereocenters. The van der Waals surface area contributed by atoms with E-state index in [4.69, 9.17) is 15.2 Å². The molecule has 1 aromatic carbocycles. The van der Waals surface area contributed by atoms with Crippen molar-refractivity contribution < 1.29 is 9.47 Å². The molecule has 0 unspecified atom stereocenters. The maximum atomic E-state index is 6.05. The molecule has 96 valence electrons. The van der Waals surface area contributed by atoms with Gasteiger partial charge in [-0.15, -0.1) is 0 Å². The molecule has 2 aromatic rings. The van der Waals surface area contributed by atoms with Crippen LogP contribution in [0.1, 0.15) is 18.9 Å². The molecule has 0 aliphatic carbocycles. The molecule has 1 aliphatic rings. The van der Waals surface area contributed by atoms with E-state index in [1.165, 1.54) is 0 Å². The highest BCUT2D eigenvalue weighted by atomic mass is 16.5. The number of rotatable bonds is 2. The minimum atomic E-state index is 0.386. The van der Waals surface area contributed by atoms with Crippen LogP contribution in [0, 0.1) is 0 Å². The SMILES string of the molecule is COc1ccc2c(c1)nc(N)n2C1CCOCC1. The van der Waals surface area contributed by atoms with Gasteiger partial charge in [0.1, 0.15) is 5.75 Å². The van der Waals surface area contributed by atoms with Gasteiger partial charge in [0, 0.05) is 25.3 Å².